The number of hydrogen-bond donors (Lipinski definition) is 1. The van der Waals surface area contributed by atoms with Crippen LogP contribution < -0.4 is 5.32 Å². The van der Waals surface area contributed by atoms with Gasteiger partial charge in [0.05, 0.1) is 12.8 Å². The SMILES string of the molecule is CCCN(Cc1occc1CNC)C1CC1. The Morgan fingerprint density at radius 1 is 1.50 bits per heavy atom. The van der Waals surface area contributed by atoms with Gasteiger partial charge in [-0.25, -0.2) is 0 Å². The van der Waals surface area contributed by atoms with Crippen LogP contribution in [0, 0.1) is 0 Å². The van der Waals surface area contributed by atoms with Gasteiger partial charge in [-0.1, -0.05) is 6.92 Å². The second-order valence-corrected chi connectivity index (χ2v) is 4.60. The van der Waals surface area contributed by atoms with Gasteiger partial charge in [0, 0.05) is 18.2 Å². The molecule has 0 unspecified atom stereocenters. The summed E-state index contributed by atoms with van der Waals surface area (Å²) in [6.07, 6.45) is 5.75. The Morgan fingerprint density at radius 2 is 2.31 bits per heavy atom. The Bertz CT molecular complexity index is 317. The molecule has 1 aromatic rings. The topological polar surface area (TPSA) is 28.4 Å². The predicted molar refractivity (Wildman–Crippen MR) is 65.2 cm³/mol. The first-order chi connectivity index (χ1) is 7.85. The molecule has 90 valence electrons. The minimum absolute atomic E-state index is 0.812. The van der Waals surface area contributed by atoms with Crippen molar-refractivity contribution in [2.45, 2.75) is 45.3 Å². The monoisotopic (exact) mass is 222 g/mol. The third-order valence-electron chi connectivity index (χ3n) is 3.13. The minimum Gasteiger partial charge on any atom is -0.468 e. The van der Waals surface area contributed by atoms with Crippen LogP contribution in [0.15, 0.2) is 16.7 Å². The molecule has 1 fully saturated rings. The predicted octanol–water partition coefficient (Wildman–Crippen LogP) is 2.37. The molecule has 1 aliphatic carbocycles. The molecule has 0 aromatic carbocycles. The van der Waals surface area contributed by atoms with E-state index in [0.29, 0.717) is 0 Å². The summed E-state index contributed by atoms with van der Waals surface area (Å²) in [7, 11) is 1.97. The molecule has 0 saturated heterocycles. The van der Waals surface area contributed by atoms with E-state index in [4.69, 9.17) is 4.42 Å². The summed E-state index contributed by atoms with van der Waals surface area (Å²) in [6, 6.07) is 2.88. The molecule has 3 heteroatoms. The number of hydrogen-bond acceptors (Lipinski definition) is 3. The summed E-state index contributed by atoms with van der Waals surface area (Å²) in [6.45, 7) is 5.30. The van der Waals surface area contributed by atoms with E-state index in [-0.39, 0.29) is 0 Å². The number of nitrogens with one attached hydrogen (secondary N) is 1. The second kappa shape index (κ2) is 5.51. The molecule has 0 atom stereocenters. The summed E-state index contributed by atoms with van der Waals surface area (Å²) < 4.78 is 5.59. The zero-order valence-electron chi connectivity index (χ0n) is 10.3. The van der Waals surface area contributed by atoms with Crippen LogP contribution in [0.1, 0.15) is 37.5 Å². The maximum atomic E-state index is 5.59. The molecule has 0 radical (unpaired) electrons. The van der Waals surface area contributed by atoms with Crippen LogP contribution >= 0.6 is 0 Å². The van der Waals surface area contributed by atoms with Gasteiger partial charge in [-0.2, -0.15) is 0 Å². The highest BCUT2D eigenvalue weighted by atomic mass is 16.3. The van der Waals surface area contributed by atoms with Crippen LogP contribution in [0.25, 0.3) is 0 Å². The normalized spacial score (nSPS) is 15.9. The zero-order chi connectivity index (χ0) is 11.4. The quantitative estimate of drug-likeness (QED) is 0.767. The Kier molecular flexibility index (Phi) is 4.02. The lowest BCUT2D eigenvalue weighted by molar-refractivity contribution is 0.233. The summed E-state index contributed by atoms with van der Waals surface area (Å²) in [5.74, 6) is 1.13. The van der Waals surface area contributed by atoms with Crippen molar-refractivity contribution in [3.05, 3.63) is 23.7 Å². The molecular formula is C13H22N2O. The van der Waals surface area contributed by atoms with E-state index in [1.165, 1.54) is 31.4 Å². The van der Waals surface area contributed by atoms with E-state index in [2.05, 4.69) is 23.2 Å². The van der Waals surface area contributed by atoms with E-state index in [9.17, 15) is 0 Å². The van der Waals surface area contributed by atoms with Crippen molar-refractivity contribution in [3.63, 3.8) is 0 Å². The van der Waals surface area contributed by atoms with E-state index < -0.39 is 0 Å². The van der Waals surface area contributed by atoms with Gasteiger partial charge in [0.1, 0.15) is 5.76 Å². The lowest BCUT2D eigenvalue weighted by Crippen LogP contribution is -2.26. The molecule has 0 aliphatic heterocycles. The summed E-state index contributed by atoms with van der Waals surface area (Å²) in [5.41, 5.74) is 1.30. The number of furan rings is 1. The van der Waals surface area contributed by atoms with Gasteiger partial charge < -0.3 is 9.73 Å². The fourth-order valence-corrected chi connectivity index (χ4v) is 2.16. The average molecular weight is 222 g/mol. The maximum absolute atomic E-state index is 5.59. The second-order valence-electron chi connectivity index (χ2n) is 4.60. The maximum Gasteiger partial charge on any atom is 0.122 e. The van der Waals surface area contributed by atoms with Crippen molar-refractivity contribution >= 4 is 0 Å². The summed E-state index contributed by atoms with van der Waals surface area (Å²) >= 11 is 0. The Morgan fingerprint density at radius 3 is 2.94 bits per heavy atom. The lowest BCUT2D eigenvalue weighted by atomic mass is 10.2. The van der Waals surface area contributed by atoms with Crippen LogP contribution in [-0.2, 0) is 13.1 Å². The first-order valence-electron chi connectivity index (χ1n) is 6.29. The van der Waals surface area contributed by atoms with Crippen molar-refractivity contribution < 1.29 is 4.42 Å². The molecule has 1 N–H and O–H groups in total. The molecule has 0 amide bonds. The lowest BCUT2D eigenvalue weighted by Gasteiger charge is -2.20. The number of nitrogens with zero attached hydrogens (tertiary/aromatic N) is 1. The molecular weight excluding hydrogens is 200 g/mol. The van der Waals surface area contributed by atoms with Gasteiger partial charge in [-0.05, 0) is 38.9 Å². The minimum atomic E-state index is 0.812. The summed E-state index contributed by atoms with van der Waals surface area (Å²) in [5, 5.41) is 3.18. The molecule has 2 rings (SSSR count). The van der Waals surface area contributed by atoms with Crippen molar-refractivity contribution in [1.29, 1.82) is 0 Å². The molecule has 16 heavy (non-hydrogen) atoms. The molecule has 1 aromatic heterocycles. The third-order valence-corrected chi connectivity index (χ3v) is 3.13. The fraction of sp³-hybridized carbons (Fsp3) is 0.692. The summed E-state index contributed by atoms with van der Waals surface area (Å²) in [4.78, 5) is 2.55. The van der Waals surface area contributed by atoms with Crippen LogP contribution in [0.3, 0.4) is 0 Å². The van der Waals surface area contributed by atoms with Gasteiger partial charge in [-0.15, -0.1) is 0 Å². The van der Waals surface area contributed by atoms with E-state index in [1.807, 2.05) is 7.05 Å². The molecule has 1 heterocycles. The van der Waals surface area contributed by atoms with Gasteiger partial charge >= 0.3 is 0 Å². The van der Waals surface area contributed by atoms with Crippen molar-refractivity contribution in [1.82, 2.24) is 10.2 Å². The Hall–Kier alpha value is -0.800. The largest absolute Gasteiger partial charge is 0.468 e. The van der Waals surface area contributed by atoms with E-state index >= 15 is 0 Å². The van der Waals surface area contributed by atoms with E-state index in [0.717, 1.165) is 24.9 Å². The van der Waals surface area contributed by atoms with Crippen molar-refractivity contribution in [2.24, 2.45) is 0 Å². The van der Waals surface area contributed by atoms with Gasteiger partial charge in [-0.3, -0.25) is 4.90 Å². The van der Waals surface area contributed by atoms with E-state index in [1.54, 1.807) is 6.26 Å². The standard InChI is InChI=1S/C13H22N2O/c1-3-7-15(12-4-5-12)10-13-11(9-14-2)6-8-16-13/h6,8,12,14H,3-5,7,9-10H2,1-2H3. The number of rotatable bonds is 7. The Labute approximate surface area is 97.8 Å². The van der Waals surface area contributed by atoms with Crippen LogP contribution in [0.4, 0.5) is 0 Å². The average Bonchev–Trinajstić information content (AvgIpc) is 3.03. The smallest absolute Gasteiger partial charge is 0.122 e. The first kappa shape index (κ1) is 11.7. The highest BCUT2D eigenvalue weighted by molar-refractivity contribution is 5.17. The molecule has 3 nitrogen and oxygen atoms in total. The highest BCUT2D eigenvalue weighted by Gasteiger charge is 2.29. The Balaban J connectivity index is 1.97. The fourth-order valence-electron chi connectivity index (χ4n) is 2.16. The zero-order valence-corrected chi connectivity index (χ0v) is 10.3. The first-order valence-corrected chi connectivity index (χ1v) is 6.29. The molecule has 1 aliphatic rings. The highest BCUT2D eigenvalue weighted by Crippen LogP contribution is 2.29. The van der Waals surface area contributed by atoms with Crippen molar-refractivity contribution in [3.8, 4) is 0 Å². The van der Waals surface area contributed by atoms with Crippen molar-refractivity contribution in [2.75, 3.05) is 13.6 Å². The van der Waals surface area contributed by atoms with Gasteiger partial charge in [0.15, 0.2) is 0 Å². The van der Waals surface area contributed by atoms with Crippen LogP contribution in [-0.4, -0.2) is 24.5 Å². The van der Waals surface area contributed by atoms with Gasteiger partial charge in [0.25, 0.3) is 0 Å². The molecule has 0 spiro atoms. The molecule has 1 saturated carbocycles. The van der Waals surface area contributed by atoms with Gasteiger partial charge in [0.2, 0.25) is 0 Å². The van der Waals surface area contributed by atoms with Crippen LogP contribution in [0.2, 0.25) is 0 Å². The third kappa shape index (κ3) is 2.86. The molecule has 0 bridgehead atoms. The van der Waals surface area contributed by atoms with Crippen LogP contribution in [0.5, 0.6) is 0 Å².